The minimum absolute atomic E-state index is 0.0616. The summed E-state index contributed by atoms with van der Waals surface area (Å²) in [6.45, 7) is 3.01. The van der Waals surface area contributed by atoms with Gasteiger partial charge in [-0.2, -0.15) is 10.2 Å². The van der Waals surface area contributed by atoms with Crippen LogP contribution in [0.25, 0.3) is 0 Å². The standard InChI is InChI=1S/C26H30N8O6/c35-25(29-27-17-19-7-9-21(23(15-19)33(37)38)31-11-3-1-4-12-31)26(36)30-28-18-20-8-10-22(24(16-20)34(39)40)32-13-5-2-6-14-32/h7-10,15-18H,1-6,11-14H2,(H,29,35)(H,30,36). The first kappa shape index (κ1) is 28.1. The number of hydrazone groups is 2. The minimum atomic E-state index is -1.11. The monoisotopic (exact) mass is 550 g/mol. The normalized spacial score (nSPS) is 15.8. The summed E-state index contributed by atoms with van der Waals surface area (Å²) >= 11 is 0. The van der Waals surface area contributed by atoms with E-state index in [0.717, 1.165) is 64.7 Å². The topological polar surface area (TPSA) is 176 Å². The molecule has 14 nitrogen and oxygen atoms in total. The summed E-state index contributed by atoms with van der Waals surface area (Å²) in [6.07, 6.45) is 8.50. The van der Waals surface area contributed by atoms with E-state index in [0.29, 0.717) is 22.5 Å². The molecule has 0 unspecified atom stereocenters. The molecule has 0 radical (unpaired) electrons. The van der Waals surface area contributed by atoms with Crippen LogP contribution in [0.4, 0.5) is 22.7 Å². The van der Waals surface area contributed by atoms with Crippen molar-refractivity contribution in [3.05, 3.63) is 67.8 Å². The van der Waals surface area contributed by atoms with E-state index in [4.69, 9.17) is 0 Å². The molecule has 0 aliphatic carbocycles. The highest BCUT2D eigenvalue weighted by atomic mass is 16.6. The van der Waals surface area contributed by atoms with Gasteiger partial charge in [0.05, 0.1) is 22.3 Å². The predicted molar refractivity (Wildman–Crippen MR) is 150 cm³/mol. The largest absolute Gasteiger partial charge is 0.366 e. The van der Waals surface area contributed by atoms with Crippen molar-refractivity contribution in [2.24, 2.45) is 10.2 Å². The molecule has 0 spiro atoms. The van der Waals surface area contributed by atoms with Crippen molar-refractivity contribution in [1.29, 1.82) is 0 Å². The molecule has 2 heterocycles. The van der Waals surface area contributed by atoms with E-state index in [-0.39, 0.29) is 11.4 Å². The van der Waals surface area contributed by atoms with Crippen LogP contribution < -0.4 is 20.7 Å². The molecule has 2 amide bonds. The first-order valence-electron chi connectivity index (χ1n) is 13.1. The molecule has 0 bridgehead atoms. The summed E-state index contributed by atoms with van der Waals surface area (Å²) in [6, 6.07) is 9.31. The van der Waals surface area contributed by atoms with Gasteiger partial charge in [0, 0.05) is 49.4 Å². The Morgan fingerprint density at radius 1 is 0.675 bits per heavy atom. The smallest absolute Gasteiger partial charge is 0.331 e. The molecule has 0 aromatic heterocycles. The van der Waals surface area contributed by atoms with Gasteiger partial charge in [-0.1, -0.05) is 12.1 Å². The van der Waals surface area contributed by atoms with Gasteiger partial charge in [-0.05, 0) is 50.7 Å². The Hall–Kier alpha value is -4.88. The third-order valence-corrected chi connectivity index (χ3v) is 6.75. The lowest BCUT2D eigenvalue weighted by Gasteiger charge is -2.28. The van der Waals surface area contributed by atoms with Crippen molar-refractivity contribution in [2.75, 3.05) is 36.0 Å². The van der Waals surface area contributed by atoms with Crippen LogP contribution in [0.5, 0.6) is 0 Å². The lowest BCUT2D eigenvalue weighted by Crippen LogP contribution is -2.35. The Labute approximate surface area is 230 Å². The molecule has 14 heteroatoms. The van der Waals surface area contributed by atoms with E-state index < -0.39 is 21.7 Å². The summed E-state index contributed by atoms with van der Waals surface area (Å²) < 4.78 is 0. The van der Waals surface area contributed by atoms with Crippen molar-refractivity contribution in [3.8, 4) is 0 Å². The van der Waals surface area contributed by atoms with Gasteiger partial charge in [-0.3, -0.25) is 29.8 Å². The summed E-state index contributed by atoms with van der Waals surface area (Å²) in [5.74, 6) is -2.22. The Kier molecular flexibility index (Phi) is 9.33. The number of nitrogens with one attached hydrogen (secondary N) is 2. The van der Waals surface area contributed by atoms with Gasteiger partial charge in [-0.15, -0.1) is 0 Å². The molecule has 2 aromatic rings. The molecule has 0 atom stereocenters. The molecular weight excluding hydrogens is 520 g/mol. The fourth-order valence-corrected chi connectivity index (χ4v) is 4.77. The van der Waals surface area contributed by atoms with E-state index in [1.54, 1.807) is 24.3 Å². The molecule has 0 saturated carbocycles. The first-order chi connectivity index (χ1) is 19.3. The second-order valence-electron chi connectivity index (χ2n) is 9.50. The van der Waals surface area contributed by atoms with Crippen molar-refractivity contribution >= 4 is 47.0 Å². The fraction of sp³-hybridized carbons (Fsp3) is 0.385. The van der Waals surface area contributed by atoms with Crippen molar-refractivity contribution in [3.63, 3.8) is 0 Å². The minimum Gasteiger partial charge on any atom is -0.366 e. The highest BCUT2D eigenvalue weighted by Gasteiger charge is 2.23. The van der Waals surface area contributed by atoms with Crippen LogP contribution in [-0.2, 0) is 9.59 Å². The molecular formula is C26H30N8O6. The number of nitro groups is 2. The maximum Gasteiger partial charge on any atom is 0.331 e. The molecule has 2 aliphatic rings. The Bertz CT molecular complexity index is 1230. The molecule has 210 valence electrons. The number of hydrogen-bond donors (Lipinski definition) is 2. The predicted octanol–water partition coefficient (Wildman–Crippen LogP) is 3.08. The third kappa shape index (κ3) is 7.15. The second-order valence-corrected chi connectivity index (χ2v) is 9.50. The van der Waals surface area contributed by atoms with Crippen LogP contribution in [0.2, 0.25) is 0 Å². The SMILES string of the molecule is O=C(NN=Cc1ccc(N2CCCCC2)c([N+](=O)[O-])c1)C(=O)NN=Cc1ccc(N2CCCCC2)c([N+](=O)[O-])c1. The third-order valence-electron chi connectivity index (χ3n) is 6.75. The number of amides is 2. The van der Waals surface area contributed by atoms with Crippen molar-refractivity contribution in [2.45, 2.75) is 38.5 Å². The highest BCUT2D eigenvalue weighted by Crippen LogP contribution is 2.32. The number of carbonyl (C=O) groups is 2. The highest BCUT2D eigenvalue weighted by molar-refractivity contribution is 6.35. The Morgan fingerprint density at radius 3 is 1.40 bits per heavy atom. The summed E-state index contributed by atoms with van der Waals surface area (Å²) in [4.78, 5) is 50.3. The van der Waals surface area contributed by atoms with Gasteiger partial charge in [0.1, 0.15) is 11.4 Å². The van der Waals surface area contributed by atoms with E-state index in [2.05, 4.69) is 10.2 Å². The van der Waals surface area contributed by atoms with E-state index in [1.807, 2.05) is 20.7 Å². The van der Waals surface area contributed by atoms with E-state index in [1.165, 1.54) is 24.6 Å². The van der Waals surface area contributed by atoms with E-state index in [9.17, 15) is 29.8 Å². The van der Waals surface area contributed by atoms with E-state index >= 15 is 0 Å². The van der Waals surface area contributed by atoms with Gasteiger partial charge < -0.3 is 9.80 Å². The number of nitrogens with zero attached hydrogens (tertiary/aromatic N) is 6. The molecule has 40 heavy (non-hydrogen) atoms. The van der Waals surface area contributed by atoms with Crippen LogP contribution in [-0.4, -0.2) is 60.3 Å². The number of carbonyl (C=O) groups excluding carboxylic acids is 2. The van der Waals surface area contributed by atoms with Gasteiger partial charge in [0.25, 0.3) is 11.4 Å². The number of benzene rings is 2. The number of hydrogen-bond acceptors (Lipinski definition) is 10. The van der Waals surface area contributed by atoms with Gasteiger partial charge >= 0.3 is 11.8 Å². The lowest BCUT2D eigenvalue weighted by atomic mass is 10.1. The summed E-state index contributed by atoms with van der Waals surface area (Å²) in [7, 11) is 0. The summed E-state index contributed by atoms with van der Waals surface area (Å²) in [5, 5.41) is 30.6. The van der Waals surface area contributed by atoms with Crippen LogP contribution in [0.3, 0.4) is 0 Å². The molecule has 2 saturated heterocycles. The van der Waals surface area contributed by atoms with Crippen molar-refractivity contribution in [1.82, 2.24) is 10.9 Å². The molecule has 2 aliphatic heterocycles. The second kappa shape index (κ2) is 13.3. The lowest BCUT2D eigenvalue weighted by molar-refractivity contribution is -0.384. The Morgan fingerprint density at radius 2 is 1.05 bits per heavy atom. The zero-order valence-electron chi connectivity index (χ0n) is 21.8. The average molecular weight is 551 g/mol. The number of anilines is 2. The zero-order valence-corrected chi connectivity index (χ0v) is 21.8. The van der Waals surface area contributed by atoms with Crippen LogP contribution in [0.15, 0.2) is 46.6 Å². The molecule has 2 fully saturated rings. The fourth-order valence-electron chi connectivity index (χ4n) is 4.77. The Balaban J connectivity index is 1.33. The zero-order chi connectivity index (χ0) is 28.5. The van der Waals surface area contributed by atoms with Crippen LogP contribution >= 0.6 is 0 Å². The molecule has 4 rings (SSSR count). The number of rotatable bonds is 8. The van der Waals surface area contributed by atoms with Gasteiger partial charge in [0.15, 0.2) is 0 Å². The van der Waals surface area contributed by atoms with Crippen LogP contribution in [0.1, 0.15) is 49.7 Å². The first-order valence-corrected chi connectivity index (χ1v) is 13.1. The van der Waals surface area contributed by atoms with Crippen LogP contribution in [0, 0.1) is 20.2 Å². The number of piperidine rings is 2. The quantitative estimate of drug-likeness (QED) is 0.218. The van der Waals surface area contributed by atoms with Crippen molar-refractivity contribution < 1.29 is 19.4 Å². The number of nitro benzene ring substituents is 2. The molecule has 2 N–H and O–H groups in total. The maximum absolute atomic E-state index is 12.1. The average Bonchev–Trinajstić information content (AvgIpc) is 2.97. The molecule has 2 aromatic carbocycles. The maximum atomic E-state index is 12.1. The summed E-state index contributed by atoms with van der Waals surface area (Å²) in [5.41, 5.74) is 5.79. The van der Waals surface area contributed by atoms with Gasteiger partial charge in [0.2, 0.25) is 0 Å². The van der Waals surface area contributed by atoms with Gasteiger partial charge in [-0.25, -0.2) is 10.9 Å².